The Hall–Kier alpha value is -4.32. The third-order valence-electron chi connectivity index (χ3n) is 10.7. The molecule has 1 N–H and O–H groups in total. The van der Waals surface area contributed by atoms with Crippen LogP contribution >= 0.6 is 39.1 Å². The van der Waals surface area contributed by atoms with E-state index in [-0.39, 0.29) is 47.9 Å². The monoisotopic (exact) mass is 808 g/mol. The minimum atomic E-state index is -2.04. The number of alkyl halides is 3. The van der Waals surface area contributed by atoms with E-state index in [1.54, 1.807) is 51.5 Å². The number of imide groups is 2. The first-order chi connectivity index (χ1) is 24.9. The predicted octanol–water partition coefficient (Wildman–Crippen LogP) is 6.89. The van der Waals surface area contributed by atoms with E-state index in [1.165, 1.54) is 4.90 Å². The minimum absolute atomic E-state index is 0.148. The lowest BCUT2D eigenvalue weighted by atomic mass is 9.56. The number of amides is 4. The van der Waals surface area contributed by atoms with E-state index in [2.05, 4.69) is 15.9 Å². The number of likely N-dealkylation sites (tertiary alicyclic amines) is 1. The summed E-state index contributed by atoms with van der Waals surface area (Å²) < 4.78 is 16.5. The molecule has 10 nitrogen and oxygen atoms in total. The highest BCUT2D eigenvalue weighted by Gasteiger charge is 2.76. The van der Waals surface area contributed by atoms with Gasteiger partial charge in [0.25, 0.3) is 11.8 Å². The quantitative estimate of drug-likeness (QED) is 0.0816. The third kappa shape index (κ3) is 5.26. The molecule has 0 spiro atoms. The van der Waals surface area contributed by atoms with Crippen LogP contribution in [0.1, 0.15) is 42.4 Å². The van der Waals surface area contributed by atoms with Crippen molar-refractivity contribution in [2.24, 2.45) is 17.8 Å². The van der Waals surface area contributed by atoms with Crippen LogP contribution in [0.5, 0.6) is 23.0 Å². The zero-order valence-corrected chi connectivity index (χ0v) is 31.6. The summed E-state index contributed by atoms with van der Waals surface area (Å²) in [6.45, 7) is 2.03. The number of carbonyl (C=O) groups is 4. The van der Waals surface area contributed by atoms with E-state index in [0.29, 0.717) is 22.8 Å². The summed E-state index contributed by atoms with van der Waals surface area (Å²) in [5, 5.41) is 11.5. The van der Waals surface area contributed by atoms with Crippen molar-refractivity contribution in [1.29, 1.82) is 0 Å². The van der Waals surface area contributed by atoms with Gasteiger partial charge in [-0.05, 0) is 67.6 Å². The van der Waals surface area contributed by atoms with Crippen LogP contribution in [-0.2, 0) is 19.2 Å². The molecule has 3 aromatic carbocycles. The Bertz CT molecular complexity index is 2050. The second-order valence-electron chi connectivity index (χ2n) is 13.2. The van der Waals surface area contributed by atoms with Gasteiger partial charge in [-0.2, -0.15) is 0 Å². The molecule has 6 atom stereocenters. The number of methoxy groups -OCH3 is 2. The van der Waals surface area contributed by atoms with Crippen LogP contribution < -0.4 is 19.1 Å². The van der Waals surface area contributed by atoms with Crippen LogP contribution in [-0.4, -0.2) is 69.7 Å². The van der Waals surface area contributed by atoms with Crippen molar-refractivity contribution in [3.8, 4) is 23.0 Å². The van der Waals surface area contributed by atoms with Crippen LogP contribution in [0, 0.1) is 17.8 Å². The lowest BCUT2D eigenvalue weighted by molar-refractivity contribution is -0.138. The van der Waals surface area contributed by atoms with Gasteiger partial charge in [0.15, 0.2) is 21.2 Å². The zero-order valence-electron chi connectivity index (χ0n) is 28.5. The summed E-state index contributed by atoms with van der Waals surface area (Å²) in [6, 6.07) is 17.4. The number of fused-ring (bicyclic) bond motifs is 4. The van der Waals surface area contributed by atoms with Crippen LogP contribution in [0.15, 0.2) is 72.3 Å². The molecule has 3 aromatic rings. The zero-order chi connectivity index (χ0) is 37.1. The standard InChI is InChI=1S/C39H35BrCl2N2O8/c1-4-52-30-7-5-6-27(33(30)45)32-25-15-16-26-31(28(25)19-38(41)36(48)43(20-40)37(49)39(32,38)42)35(47)44(34(26)46)23-12-9-21(10-13-23)8-11-22-18-24(50-2)14-17-29(22)51-3/h5-15,17-18,26,28,31-32,45H,4,16,19-20H2,1-3H3. The van der Waals surface area contributed by atoms with E-state index in [9.17, 15) is 24.3 Å². The van der Waals surface area contributed by atoms with Gasteiger partial charge in [-0.15, -0.1) is 23.2 Å². The molecule has 1 saturated carbocycles. The maximum absolute atomic E-state index is 14.4. The van der Waals surface area contributed by atoms with E-state index >= 15 is 0 Å². The highest BCUT2D eigenvalue weighted by atomic mass is 79.9. The molecule has 6 unspecified atom stereocenters. The van der Waals surface area contributed by atoms with Crippen LogP contribution in [0.2, 0.25) is 0 Å². The number of hydrogen-bond acceptors (Lipinski definition) is 8. The van der Waals surface area contributed by atoms with Crippen LogP contribution in [0.3, 0.4) is 0 Å². The fourth-order valence-electron chi connectivity index (χ4n) is 8.29. The maximum atomic E-state index is 14.4. The molecule has 2 heterocycles. The molecule has 2 aliphatic carbocycles. The van der Waals surface area contributed by atoms with Gasteiger partial charge >= 0.3 is 0 Å². The Morgan fingerprint density at radius 1 is 0.923 bits per heavy atom. The molecule has 7 rings (SSSR count). The largest absolute Gasteiger partial charge is 0.504 e. The summed E-state index contributed by atoms with van der Waals surface area (Å²) in [6.07, 6.45) is 5.63. The number of nitrogens with zero attached hydrogens (tertiary/aromatic N) is 2. The molecule has 4 amide bonds. The predicted molar refractivity (Wildman–Crippen MR) is 200 cm³/mol. The molecule has 0 radical (unpaired) electrons. The lowest BCUT2D eigenvalue weighted by Crippen LogP contribution is -2.60. The highest BCUT2D eigenvalue weighted by molar-refractivity contribution is 9.09. The fraction of sp³-hybridized carbons (Fsp3) is 0.333. The van der Waals surface area contributed by atoms with Gasteiger partial charge in [0, 0.05) is 17.0 Å². The first-order valence-electron chi connectivity index (χ1n) is 16.8. The summed E-state index contributed by atoms with van der Waals surface area (Å²) in [5.41, 5.74) is 2.70. The fourth-order valence-corrected chi connectivity index (χ4v) is 9.70. The average Bonchev–Trinajstić information content (AvgIpc) is 3.49. The van der Waals surface area contributed by atoms with Crippen molar-refractivity contribution in [3.05, 3.63) is 89.0 Å². The summed E-state index contributed by atoms with van der Waals surface area (Å²) in [4.78, 5) is 54.6. The molecule has 52 heavy (non-hydrogen) atoms. The third-order valence-corrected chi connectivity index (χ3v) is 12.6. The number of rotatable bonds is 9. The lowest BCUT2D eigenvalue weighted by Gasteiger charge is -2.50. The van der Waals surface area contributed by atoms with E-state index in [0.717, 1.165) is 16.0 Å². The van der Waals surface area contributed by atoms with E-state index < -0.39 is 51.1 Å². The first-order valence-corrected chi connectivity index (χ1v) is 18.7. The molecule has 0 aromatic heterocycles. The number of anilines is 1. The number of phenolic OH excluding ortho intramolecular Hbond substituents is 1. The van der Waals surface area contributed by atoms with Crippen molar-refractivity contribution in [2.75, 3.05) is 31.2 Å². The summed E-state index contributed by atoms with van der Waals surface area (Å²) >= 11 is 17.9. The summed E-state index contributed by atoms with van der Waals surface area (Å²) in [5.74, 6) is -4.40. The van der Waals surface area contributed by atoms with Crippen molar-refractivity contribution in [1.82, 2.24) is 4.90 Å². The molecule has 13 heteroatoms. The van der Waals surface area contributed by atoms with Crippen molar-refractivity contribution in [3.63, 3.8) is 0 Å². The Morgan fingerprint density at radius 3 is 2.35 bits per heavy atom. The number of carbonyl (C=O) groups excluding carboxylic acids is 4. The number of halogens is 3. The Labute approximate surface area is 319 Å². The number of phenols is 1. The number of aromatic hydroxyl groups is 1. The second kappa shape index (κ2) is 13.6. The molecular weight excluding hydrogens is 775 g/mol. The first kappa shape index (κ1) is 36.1. The number of hydrogen-bond donors (Lipinski definition) is 1. The molecule has 2 aliphatic heterocycles. The Kier molecular flexibility index (Phi) is 9.42. The molecule has 3 fully saturated rings. The van der Waals surface area contributed by atoms with E-state index in [1.807, 2.05) is 48.6 Å². The molecular formula is C39H35BrCl2N2O8. The number of benzene rings is 3. The normalized spacial score (nSPS) is 28.2. The molecule has 270 valence electrons. The van der Waals surface area contributed by atoms with E-state index in [4.69, 9.17) is 37.4 Å². The Balaban J connectivity index is 1.25. The van der Waals surface area contributed by atoms with Gasteiger partial charge in [0.05, 0.1) is 43.8 Å². The second-order valence-corrected chi connectivity index (χ2v) is 14.9. The van der Waals surface area contributed by atoms with Crippen LogP contribution in [0.4, 0.5) is 5.69 Å². The molecule has 0 bridgehead atoms. The minimum Gasteiger partial charge on any atom is -0.504 e. The number of allylic oxidation sites excluding steroid dienone is 2. The average molecular weight is 811 g/mol. The van der Waals surface area contributed by atoms with Crippen LogP contribution in [0.25, 0.3) is 12.2 Å². The summed E-state index contributed by atoms with van der Waals surface area (Å²) in [7, 11) is 3.18. The van der Waals surface area contributed by atoms with Crippen molar-refractivity contribution < 1.29 is 38.5 Å². The molecule has 4 aliphatic rings. The molecule has 2 saturated heterocycles. The van der Waals surface area contributed by atoms with Gasteiger partial charge in [-0.25, -0.2) is 0 Å². The van der Waals surface area contributed by atoms with Gasteiger partial charge in [0.2, 0.25) is 11.8 Å². The van der Waals surface area contributed by atoms with Crippen molar-refractivity contribution in [2.45, 2.75) is 35.4 Å². The van der Waals surface area contributed by atoms with Crippen molar-refractivity contribution >= 4 is 80.6 Å². The van der Waals surface area contributed by atoms with Gasteiger partial charge in [-0.1, -0.05) is 64.0 Å². The topological polar surface area (TPSA) is 123 Å². The van der Waals surface area contributed by atoms with Gasteiger partial charge < -0.3 is 19.3 Å². The number of para-hydroxylation sites is 1. The van der Waals surface area contributed by atoms with Gasteiger partial charge in [-0.3, -0.25) is 29.0 Å². The van der Waals surface area contributed by atoms with Gasteiger partial charge in [0.1, 0.15) is 11.5 Å². The maximum Gasteiger partial charge on any atom is 0.254 e. The highest BCUT2D eigenvalue weighted by Crippen LogP contribution is 2.66. The smallest absolute Gasteiger partial charge is 0.254 e. The number of ether oxygens (including phenoxy) is 3. The Morgan fingerprint density at radius 2 is 1.67 bits per heavy atom. The SMILES string of the molecule is CCOc1cccc(C2C3=CCC4C(=O)N(c5ccc(C=Cc6cc(OC)ccc6OC)cc5)C(=O)C4C3CC3(Cl)C(=O)N(CBr)C(=O)C23Cl)c1O.